The molecule has 0 aromatic heterocycles. The van der Waals surface area contributed by atoms with E-state index in [0.29, 0.717) is 0 Å². The van der Waals surface area contributed by atoms with Crippen molar-refractivity contribution in [1.29, 1.82) is 0 Å². The fraction of sp³-hybridized carbons (Fsp3) is 0.133. The number of aliphatic hydroxyl groups excluding tert-OH is 1. The van der Waals surface area contributed by atoms with Gasteiger partial charge in [-0.1, -0.05) is 72.9 Å². The SMILES string of the molecule is Oc1ccc(C2=CC(C(c3ccc(I)cc3)C3C=C(c4ccc(O)cc4)C=CC3O)C=C2)cc1. The Hall–Kier alpha value is -3.09. The van der Waals surface area contributed by atoms with E-state index in [2.05, 4.69) is 71.2 Å². The Balaban J connectivity index is 1.54. The van der Waals surface area contributed by atoms with Gasteiger partial charge in [0.15, 0.2) is 0 Å². The van der Waals surface area contributed by atoms with Crippen LogP contribution in [0.25, 0.3) is 11.1 Å². The Bertz CT molecular complexity index is 1280. The number of phenolic OH excluding ortho intramolecular Hbond substituents is 2. The summed E-state index contributed by atoms with van der Waals surface area (Å²) in [6.07, 6.45) is 12.0. The van der Waals surface area contributed by atoms with Gasteiger partial charge in [-0.3, -0.25) is 0 Å². The zero-order valence-electron chi connectivity index (χ0n) is 18.4. The highest BCUT2D eigenvalue weighted by atomic mass is 127. The maximum atomic E-state index is 11.1. The molecule has 2 aliphatic carbocycles. The van der Waals surface area contributed by atoms with Crippen LogP contribution in [-0.2, 0) is 0 Å². The summed E-state index contributed by atoms with van der Waals surface area (Å²) < 4.78 is 1.17. The van der Waals surface area contributed by atoms with Gasteiger partial charge in [0.1, 0.15) is 11.5 Å². The molecule has 4 unspecified atom stereocenters. The van der Waals surface area contributed by atoms with E-state index < -0.39 is 6.10 Å². The molecule has 0 saturated carbocycles. The molecule has 0 spiro atoms. The van der Waals surface area contributed by atoms with Gasteiger partial charge in [0.25, 0.3) is 0 Å². The van der Waals surface area contributed by atoms with Crippen LogP contribution in [0, 0.1) is 15.4 Å². The summed E-state index contributed by atoms with van der Waals surface area (Å²) in [5, 5.41) is 30.4. The van der Waals surface area contributed by atoms with Gasteiger partial charge in [-0.15, -0.1) is 0 Å². The molecule has 3 aromatic rings. The Morgan fingerprint density at radius 1 is 0.647 bits per heavy atom. The lowest BCUT2D eigenvalue weighted by molar-refractivity contribution is 0.153. The number of halogens is 1. The second-order valence-corrected chi connectivity index (χ2v) is 10.0. The predicted octanol–water partition coefficient (Wildman–Crippen LogP) is 6.69. The molecule has 0 amide bonds. The molecule has 4 heteroatoms. The molecule has 0 bridgehead atoms. The molecular weight excluding hydrogens is 535 g/mol. The quantitative estimate of drug-likeness (QED) is 0.305. The number of benzene rings is 3. The molecule has 3 nitrogen and oxygen atoms in total. The van der Waals surface area contributed by atoms with Crippen molar-refractivity contribution in [1.82, 2.24) is 0 Å². The van der Waals surface area contributed by atoms with Gasteiger partial charge in [-0.25, -0.2) is 0 Å². The van der Waals surface area contributed by atoms with Crippen molar-refractivity contribution in [3.8, 4) is 11.5 Å². The average molecular weight is 560 g/mol. The van der Waals surface area contributed by atoms with E-state index in [9.17, 15) is 15.3 Å². The van der Waals surface area contributed by atoms with E-state index in [1.807, 2.05) is 36.4 Å². The van der Waals surface area contributed by atoms with Crippen LogP contribution in [0.2, 0.25) is 0 Å². The Morgan fingerprint density at radius 2 is 1.18 bits per heavy atom. The molecule has 0 saturated heterocycles. The fourth-order valence-electron chi connectivity index (χ4n) is 4.84. The van der Waals surface area contributed by atoms with E-state index >= 15 is 0 Å². The summed E-state index contributed by atoms with van der Waals surface area (Å²) in [4.78, 5) is 0. The summed E-state index contributed by atoms with van der Waals surface area (Å²) in [5.74, 6) is 0.505. The van der Waals surface area contributed by atoms with Gasteiger partial charge >= 0.3 is 0 Å². The van der Waals surface area contributed by atoms with Gasteiger partial charge in [0.05, 0.1) is 6.10 Å². The number of phenols is 2. The summed E-state index contributed by atoms with van der Waals surface area (Å²) in [5.41, 5.74) is 5.40. The molecule has 0 heterocycles. The molecular formula is C30H25IO3. The number of hydrogen-bond acceptors (Lipinski definition) is 3. The first-order valence-electron chi connectivity index (χ1n) is 11.3. The first kappa shape index (κ1) is 22.7. The lowest BCUT2D eigenvalue weighted by atomic mass is 9.72. The summed E-state index contributed by atoms with van der Waals surface area (Å²) in [6.45, 7) is 0. The lowest BCUT2D eigenvalue weighted by Gasteiger charge is -2.33. The summed E-state index contributed by atoms with van der Waals surface area (Å²) in [7, 11) is 0. The van der Waals surface area contributed by atoms with E-state index in [4.69, 9.17) is 0 Å². The van der Waals surface area contributed by atoms with Crippen LogP contribution >= 0.6 is 22.6 Å². The van der Waals surface area contributed by atoms with E-state index in [-0.39, 0.29) is 29.3 Å². The first-order chi connectivity index (χ1) is 16.5. The normalized spacial score (nSPS) is 22.4. The number of hydrogen-bond donors (Lipinski definition) is 3. The summed E-state index contributed by atoms with van der Waals surface area (Å²) >= 11 is 2.31. The fourth-order valence-corrected chi connectivity index (χ4v) is 5.20. The third kappa shape index (κ3) is 4.74. The Morgan fingerprint density at radius 3 is 1.76 bits per heavy atom. The molecule has 0 radical (unpaired) electrons. The van der Waals surface area contributed by atoms with Crippen molar-refractivity contribution in [2.75, 3.05) is 0 Å². The topological polar surface area (TPSA) is 60.7 Å². The van der Waals surface area contributed by atoms with Crippen molar-refractivity contribution in [2.24, 2.45) is 11.8 Å². The van der Waals surface area contributed by atoms with Crippen molar-refractivity contribution < 1.29 is 15.3 Å². The van der Waals surface area contributed by atoms with Crippen LogP contribution in [0.1, 0.15) is 22.6 Å². The highest BCUT2D eigenvalue weighted by Crippen LogP contribution is 2.44. The smallest absolute Gasteiger partial charge is 0.115 e. The van der Waals surface area contributed by atoms with Crippen molar-refractivity contribution >= 4 is 33.7 Å². The van der Waals surface area contributed by atoms with Crippen LogP contribution in [0.4, 0.5) is 0 Å². The van der Waals surface area contributed by atoms with Gasteiger partial charge < -0.3 is 15.3 Å². The van der Waals surface area contributed by atoms with E-state index in [0.717, 1.165) is 22.3 Å². The molecule has 34 heavy (non-hydrogen) atoms. The minimum Gasteiger partial charge on any atom is -0.508 e. The largest absolute Gasteiger partial charge is 0.508 e. The predicted molar refractivity (Wildman–Crippen MR) is 145 cm³/mol. The molecule has 3 aromatic carbocycles. The van der Waals surface area contributed by atoms with Crippen molar-refractivity contribution in [3.63, 3.8) is 0 Å². The molecule has 5 rings (SSSR count). The second kappa shape index (κ2) is 9.65. The van der Waals surface area contributed by atoms with Crippen molar-refractivity contribution in [3.05, 3.63) is 130 Å². The van der Waals surface area contributed by atoms with Gasteiger partial charge in [0.2, 0.25) is 0 Å². The minimum absolute atomic E-state index is 0.0370. The highest BCUT2D eigenvalue weighted by Gasteiger charge is 2.34. The highest BCUT2D eigenvalue weighted by molar-refractivity contribution is 14.1. The lowest BCUT2D eigenvalue weighted by Crippen LogP contribution is -2.29. The second-order valence-electron chi connectivity index (χ2n) is 8.78. The maximum Gasteiger partial charge on any atom is 0.115 e. The van der Waals surface area contributed by atoms with Gasteiger partial charge in [0, 0.05) is 21.3 Å². The van der Waals surface area contributed by atoms with Crippen LogP contribution in [0.15, 0.2) is 109 Å². The van der Waals surface area contributed by atoms with E-state index in [1.165, 1.54) is 9.13 Å². The standard InChI is InChI=1S/C30H25IO3/c31-25-10-3-21(4-11-25)30(24-2-1-22(17-24)19-5-12-26(32)13-6-19)28-18-23(9-16-29(28)34)20-7-14-27(33)15-8-20/h1-18,24,28-30,32-34H. The molecule has 2 aliphatic rings. The zero-order chi connectivity index (χ0) is 23.7. The van der Waals surface area contributed by atoms with E-state index in [1.54, 1.807) is 24.3 Å². The molecule has 3 N–H and O–H groups in total. The van der Waals surface area contributed by atoms with Crippen LogP contribution in [0.3, 0.4) is 0 Å². The number of allylic oxidation sites excluding steroid dienone is 6. The summed E-state index contributed by atoms with van der Waals surface area (Å²) in [6, 6.07) is 23.0. The number of aliphatic hydroxyl groups is 1. The number of rotatable bonds is 5. The van der Waals surface area contributed by atoms with Gasteiger partial charge in [-0.05, 0) is 86.8 Å². The Kier molecular flexibility index (Phi) is 6.44. The van der Waals surface area contributed by atoms with Crippen molar-refractivity contribution in [2.45, 2.75) is 12.0 Å². The molecule has 4 atom stereocenters. The van der Waals surface area contributed by atoms with Crippen LogP contribution < -0.4 is 0 Å². The van der Waals surface area contributed by atoms with Gasteiger partial charge in [-0.2, -0.15) is 0 Å². The third-order valence-electron chi connectivity index (χ3n) is 6.59. The first-order valence-corrected chi connectivity index (χ1v) is 12.4. The maximum absolute atomic E-state index is 11.1. The molecule has 0 aliphatic heterocycles. The Labute approximate surface area is 213 Å². The third-order valence-corrected chi connectivity index (χ3v) is 7.31. The zero-order valence-corrected chi connectivity index (χ0v) is 20.6. The number of aromatic hydroxyl groups is 2. The molecule has 170 valence electrons. The minimum atomic E-state index is -0.607. The van der Waals surface area contributed by atoms with Crippen LogP contribution in [-0.4, -0.2) is 21.4 Å². The average Bonchev–Trinajstić information content (AvgIpc) is 3.32. The monoisotopic (exact) mass is 560 g/mol. The van der Waals surface area contributed by atoms with Crippen LogP contribution in [0.5, 0.6) is 11.5 Å². The molecule has 0 fully saturated rings.